The van der Waals surface area contributed by atoms with Crippen molar-refractivity contribution in [2.75, 3.05) is 27.7 Å². The first-order valence-corrected chi connectivity index (χ1v) is 9.48. The van der Waals surface area contributed by atoms with Gasteiger partial charge in [0.05, 0.1) is 0 Å². The third kappa shape index (κ3) is 6.43. The number of rotatable bonds is 7. The smallest absolute Gasteiger partial charge is 0.191 e. The van der Waals surface area contributed by atoms with E-state index in [9.17, 15) is 4.39 Å². The van der Waals surface area contributed by atoms with Crippen LogP contribution in [0.2, 0.25) is 0 Å². The number of benzene rings is 2. The molecule has 7 heteroatoms. The van der Waals surface area contributed by atoms with Gasteiger partial charge < -0.3 is 20.5 Å². The summed E-state index contributed by atoms with van der Waals surface area (Å²) in [5, 5.41) is 7.90. The molecule has 0 bridgehead atoms. The molecule has 0 aliphatic carbocycles. The SMILES string of the molecule is CN=C(NCCc1c[nH]c2ccccc12)NCc1ccc(F)c(CN(C)C)c1.I. The molecule has 0 spiro atoms. The predicted molar refractivity (Wildman–Crippen MR) is 129 cm³/mol. The molecule has 1 heterocycles. The van der Waals surface area contributed by atoms with Crippen molar-refractivity contribution >= 4 is 40.8 Å². The van der Waals surface area contributed by atoms with E-state index in [1.54, 1.807) is 13.1 Å². The molecule has 0 saturated carbocycles. The first-order valence-electron chi connectivity index (χ1n) is 9.48. The average molecular weight is 509 g/mol. The standard InChI is InChI=1S/C22H28FN5.HI/c1-24-22(25-11-10-17-14-26-21-7-5-4-6-19(17)21)27-13-16-8-9-20(23)18(12-16)15-28(2)3;/h4-9,12,14,26H,10-11,13,15H2,1-3H3,(H2,24,25,27);1H. The molecule has 0 aliphatic rings. The van der Waals surface area contributed by atoms with Gasteiger partial charge in [0.2, 0.25) is 0 Å². The number of aliphatic imine (C=N–C) groups is 1. The van der Waals surface area contributed by atoms with Crippen molar-refractivity contribution in [1.82, 2.24) is 20.5 Å². The van der Waals surface area contributed by atoms with Crippen molar-refractivity contribution in [1.29, 1.82) is 0 Å². The van der Waals surface area contributed by atoms with Crippen LogP contribution in [-0.4, -0.2) is 43.5 Å². The van der Waals surface area contributed by atoms with Crippen molar-refractivity contribution in [3.63, 3.8) is 0 Å². The quantitative estimate of drug-likeness (QED) is 0.258. The van der Waals surface area contributed by atoms with Gasteiger partial charge in [-0.15, -0.1) is 24.0 Å². The molecule has 0 amide bonds. The van der Waals surface area contributed by atoms with E-state index in [0.717, 1.165) is 30.0 Å². The summed E-state index contributed by atoms with van der Waals surface area (Å²) in [6, 6.07) is 13.5. The number of H-pyrrole nitrogens is 1. The lowest BCUT2D eigenvalue weighted by Crippen LogP contribution is -2.37. The highest BCUT2D eigenvalue weighted by Gasteiger charge is 2.07. The number of hydrogen-bond donors (Lipinski definition) is 3. The van der Waals surface area contributed by atoms with Gasteiger partial charge in [-0.1, -0.05) is 24.3 Å². The molecule has 0 atom stereocenters. The minimum atomic E-state index is -0.168. The van der Waals surface area contributed by atoms with Gasteiger partial charge >= 0.3 is 0 Å². The van der Waals surface area contributed by atoms with Crippen molar-refractivity contribution in [3.8, 4) is 0 Å². The summed E-state index contributed by atoms with van der Waals surface area (Å²) in [5.41, 5.74) is 4.17. The Hall–Kier alpha value is -2.13. The zero-order valence-corrected chi connectivity index (χ0v) is 19.5. The number of nitrogens with zero attached hydrogens (tertiary/aromatic N) is 2. The van der Waals surface area contributed by atoms with E-state index in [4.69, 9.17) is 0 Å². The molecule has 5 nitrogen and oxygen atoms in total. The van der Waals surface area contributed by atoms with Gasteiger partial charge in [0.15, 0.2) is 5.96 Å². The Labute approximate surface area is 188 Å². The summed E-state index contributed by atoms with van der Waals surface area (Å²) in [7, 11) is 5.62. The Morgan fingerprint density at radius 3 is 2.66 bits per heavy atom. The van der Waals surface area contributed by atoms with Gasteiger partial charge in [-0.2, -0.15) is 0 Å². The molecule has 29 heavy (non-hydrogen) atoms. The van der Waals surface area contributed by atoms with Gasteiger partial charge in [-0.25, -0.2) is 4.39 Å². The fourth-order valence-corrected chi connectivity index (χ4v) is 3.26. The van der Waals surface area contributed by atoms with Crippen LogP contribution in [0.25, 0.3) is 10.9 Å². The summed E-state index contributed by atoms with van der Waals surface area (Å²) < 4.78 is 13.9. The number of halogens is 2. The molecule has 156 valence electrons. The lowest BCUT2D eigenvalue weighted by Gasteiger charge is -2.14. The Bertz CT molecular complexity index is 951. The summed E-state index contributed by atoms with van der Waals surface area (Å²) in [6.07, 6.45) is 2.96. The molecule has 0 unspecified atom stereocenters. The Balaban J connectivity index is 0.00000300. The van der Waals surface area contributed by atoms with E-state index in [-0.39, 0.29) is 29.8 Å². The van der Waals surface area contributed by atoms with Crippen LogP contribution in [0, 0.1) is 5.82 Å². The molecule has 3 aromatic rings. The van der Waals surface area contributed by atoms with Crippen molar-refractivity contribution < 1.29 is 4.39 Å². The van der Waals surface area contributed by atoms with Crippen LogP contribution in [0.1, 0.15) is 16.7 Å². The molecule has 3 rings (SSSR count). The maximum absolute atomic E-state index is 13.9. The van der Waals surface area contributed by atoms with Crippen molar-refractivity contribution in [2.45, 2.75) is 19.5 Å². The lowest BCUT2D eigenvalue weighted by molar-refractivity contribution is 0.392. The number of para-hydroxylation sites is 1. The van der Waals surface area contributed by atoms with E-state index in [1.807, 2.05) is 31.1 Å². The fraction of sp³-hybridized carbons (Fsp3) is 0.318. The van der Waals surface area contributed by atoms with Gasteiger partial charge in [0, 0.05) is 49.3 Å². The van der Waals surface area contributed by atoms with Crippen LogP contribution in [-0.2, 0) is 19.5 Å². The second kappa shape index (κ2) is 11.2. The number of fused-ring (bicyclic) bond motifs is 1. The number of nitrogens with one attached hydrogen (secondary N) is 3. The van der Waals surface area contributed by atoms with E-state index in [2.05, 4.69) is 45.0 Å². The van der Waals surface area contributed by atoms with Gasteiger partial charge in [0.25, 0.3) is 0 Å². The Kier molecular flexibility index (Phi) is 8.91. The summed E-state index contributed by atoms with van der Waals surface area (Å²) in [6.45, 7) is 1.95. The molecule has 3 N–H and O–H groups in total. The second-order valence-corrected chi connectivity index (χ2v) is 7.13. The molecule has 0 aliphatic heterocycles. The van der Waals surface area contributed by atoms with Crippen molar-refractivity contribution in [3.05, 3.63) is 71.2 Å². The maximum atomic E-state index is 13.9. The molecule has 0 saturated heterocycles. The fourth-order valence-electron chi connectivity index (χ4n) is 3.26. The lowest BCUT2D eigenvalue weighted by atomic mass is 10.1. The predicted octanol–water partition coefficient (Wildman–Crippen LogP) is 3.89. The highest BCUT2D eigenvalue weighted by Crippen LogP contribution is 2.17. The van der Waals surface area contributed by atoms with Crippen LogP contribution >= 0.6 is 24.0 Å². The summed E-state index contributed by atoms with van der Waals surface area (Å²) in [4.78, 5) is 9.54. The van der Waals surface area contributed by atoms with Crippen LogP contribution in [0.3, 0.4) is 0 Å². The van der Waals surface area contributed by atoms with Gasteiger partial charge in [0.1, 0.15) is 5.82 Å². The zero-order valence-electron chi connectivity index (χ0n) is 17.1. The largest absolute Gasteiger partial charge is 0.361 e. The Morgan fingerprint density at radius 1 is 1.10 bits per heavy atom. The third-order valence-electron chi connectivity index (χ3n) is 4.64. The molecule has 2 aromatic carbocycles. The normalized spacial score (nSPS) is 11.6. The van der Waals surface area contributed by atoms with Gasteiger partial charge in [-0.05, 0) is 49.8 Å². The van der Waals surface area contributed by atoms with Crippen molar-refractivity contribution in [2.24, 2.45) is 4.99 Å². The van der Waals surface area contributed by atoms with E-state index < -0.39 is 0 Å². The third-order valence-corrected chi connectivity index (χ3v) is 4.64. The minimum absolute atomic E-state index is 0. The van der Waals surface area contributed by atoms with Crippen LogP contribution in [0.15, 0.2) is 53.7 Å². The van der Waals surface area contributed by atoms with E-state index >= 15 is 0 Å². The Morgan fingerprint density at radius 2 is 1.90 bits per heavy atom. The zero-order chi connectivity index (χ0) is 19.9. The van der Waals surface area contributed by atoms with E-state index in [1.165, 1.54) is 17.0 Å². The molecule has 0 radical (unpaired) electrons. The number of aromatic amines is 1. The highest BCUT2D eigenvalue weighted by molar-refractivity contribution is 14.0. The number of guanidine groups is 1. The molecule has 1 aromatic heterocycles. The van der Waals surface area contributed by atoms with Crippen LogP contribution in [0.4, 0.5) is 4.39 Å². The molecule has 0 fully saturated rings. The number of hydrogen-bond acceptors (Lipinski definition) is 2. The summed E-state index contributed by atoms with van der Waals surface area (Å²) in [5.74, 6) is 0.567. The molecular weight excluding hydrogens is 480 g/mol. The monoisotopic (exact) mass is 509 g/mol. The highest BCUT2D eigenvalue weighted by atomic mass is 127. The second-order valence-electron chi connectivity index (χ2n) is 7.13. The minimum Gasteiger partial charge on any atom is -0.361 e. The first kappa shape index (κ1) is 23.2. The maximum Gasteiger partial charge on any atom is 0.191 e. The van der Waals surface area contributed by atoms with E-state index in [0.29, 0.717) is 18.7 Å². The average Bonchev–Trinajstić information content (AvgIpc) is 3.09. The molecular formula is C22H29FIN5. The summed E-state index contributed by atoms with van der Waals surface area (Å²) >= 11 is 0. The van der Waals surface area contributed by atoms with Gasteiger partial charge in [-0.3, -0.25) is 4.99 Å². The first-order chi connectivity index (χ1) is 13.6. The number of aromatic nitrogens is 1. The topological polar surface area (TPSA) is 55.5 Å². The van der Waals surface area contributed by atoms with Crippen LogP contribution < -0.4 is 10.6 Å². The van der Waals surface area contributed by atoms with Crippen LogP contribution in [0.5, 0.6) is 0 Å².